The average molecular weight is 351 g/mol. The van der Waals surface area contributed by atoms with E-state index in [-0.39, 0.29) is 15.7 Å². The van der Waals surface area contributed by atoms with E-state index >= 15 is 0 Å². The largest absolute Gasteiger partial charge is 0.464 e. The lowest BCUT2D eigenvalue weighted by atomic mass is 10.0. The van der Waals surface area contributed by atoms with Gasteiger partial charge >= 0.3 is 5.97 Å². The van der Waals surface area contributed by atoms with Gasteiger partial charge in [0.15, 0.2) is 5.69 Å². The van der Waals surface area contributed by atoms with Crippen LogP contribution in [0.1, 0.15) is 10.5 Å². The number of aromatic nitrogens is 1. The van der Waals surface area contributed by atoms with E-state index in [1.54, 1.807) is 6.07 Å². The van der Waals surface area contributed by atoms with Gasteiger partial charge in [0.25, 0.3) is 0 Å². The lowest BCUT2D eigenvalue weighted by molar-refractivity contribution is 0.0595. The summed E-state index contributed by atoms with van der Waals surface area (Å²) in [4.78, 5) is 15.7. The zero-order valence-electron chi connectivity index (χ0n) is 10.1. The zero-order chi connectivity index (χ0) is 14.9. The van der Waals surface area contributed by atoms with Gasteiger partial charge in [0.05, 0.1) is 22.2 Å². The lowest BCUT2D eigenvalue weighted by Crippen LogP contribution is -2.06. The summed E-state index contributed by atoms with van der Waals surface area (Å²) in [5.41, 5.74) is 0.882. The Labute approximate surface area is 135 Å². The SMILES string of the molecule is COC(=O)c1ncc(Cl)cc1-c1c(Cl)cc(Cl)cc1Cl. The molecule has 0 radical (unpaired) electrons. The van der Waals surface area contributed by atoms with Crippen LogP contribution in [0.3, 0.4) is 0 Å². The van der Waals surface area contributed by atoms with Crippen LogP contribution in [0.15, 0.2) is 24.4 Å². The number of carbonyl (C=O) groups is 1. The third kappa shape index (κ3) is 3.01. The van der Waals surface area contributed by atoms with Gasteiger partial charge in [-0.3, -0.25) is 0 Å². The maximum atomic E-state index is 11.8. The molecule has 0 aliphatic carbocycles. The van der Waals surface area contributed by atoms with Gasteiger partial charge in [0, 0.05) is 22.3 Å². The Bertz CT molecular complexity index is 665. The standard InChI is InChI=1S/C13H7Cl4NO2/c1-20-13(19)12-8(2-7(15)5-18-12)11-9(16)3-6(14)4-10(11)17/h2-5H,1H3. The fourth-order valence-electron chi connectivity index (χ4n) is 1.69. The highest BCUT2D eigenvalue weighted by Gasteiger charge is 2.20. The predicted molar refractivity (Wildman–Crippen MR) is 81.1 cm³/mol. The van der Waals surface area contributed by atoms with Gasteiger partial charge in [-0.1, -0.05) is 46.4 Å². The van der Waals surface area contributed by atoms with Crippen LogP contribution in [0.4, 0.5) is 0 Å². The highest BCUT2D eigenvalue weighted by molar-refractivity contribution is 6.42. The molecule has 0 fully saturated rings. The Hall–Kier alpha value is -1.000. The predicted octanol–water partition coefficient (Wildman–Crippen LogP) is 5.15. The second kappa shape index (κ2) is 6.19. The molecule has 20 heavy (non-hydrogen) atoms. The maximum Gasteiger partial charge on any atom is 0.357 e. The first-order chi connectivity index (χ1) is 9.43. The molecule has 0 saturated heterocycles. The van der Waals surface area contributed by atoms with Crippen LogP contribution in [-0.4, -0.2) is 18.1 Å². The minimum atomic E-state index is -0.612. The Balaban J connectivity index is 2.75. The molecular formula is C13H7Cl4NO2. The zero-order valence-corrected chi connectivity index (χ0v) is 13.1. The molecule has 104 valence electrons. The smallest absolute Gasteiger partial charge is 0.357 e. The first-order valence-corrected chi connectivity index (χ1v) is 6.84. The number of rotatable bonds is 2. The molecule has 0 saturated carbocycles. The molecule has 7 heteroatoms. The third-order valence-electron chi connectivity index (χ3n) is 2.51. The topological polar surface area (TPSA) is 39.2 Å². The van der Waals surface area contributed by atoms with Gasteiger partial charge in [-0.25, -0.2) is 9.78 Å². The quantitative estimate of drug-likeness (QED) is 0.703. The van der Waals surface area contributed by atoms with E-state index in [4.69, 9.17) is 46.4 Å². The van der Waals surface area contributed by atoms with E-state index in [0.717, 1.165) is 0 Å². The van der Waals surface area contributed by atoms with Gasteiger partial charge in [-0.05, 0) is 18.2 Å². The number of esters is 1. The van der Waals surface area contributed by atoms with Crippen molar-refractivity contribution in [3.63, 3.8) is 0 Å². The summed E-state index contributed by atoms with van der Waals surface area (Å²) in [5, 5.41) is 1.31. The van der Waals surface area contributed by atoms with Crippen molar-refractivity contribution in [2.75, 3.05) is 7.11 Å². The van der Waals surface area contributed by atoms with Crippen molar-refractivity contribution in [1.82, 2.24) is 4.98 Å². The number of hydrogen-bond donors (Lipinski definition) is 0. The molecule has 3 nitrogen and oxygen atoms in total. The van der Waals surface area contributed by atoms with Crippen LogP contribution in [-0.2, 0) is 4.74 Å². The van der Waals surface area contributed by atoms with Crippen molar-refractivity contribution in [3.05, 3.63) is 50.2 Å². The minimum Gasteiger partial charge on any atom is -0.464 e. The summed E-state index contributed by atoms with van der Waals surface area (Å²) in [6, 6.07) is 4.58. The van der Waals surface area contributed by atoms with Gasteiger partial charge < -0.3 is 4.74 Å². The van der Waals surface area contributed by atoms with Crippen molar-refractivity contribution < 1.29 is 9.53 Å². The van der Waals surface area contributed by atoms with Gasteiger partial charge in [0.2, 0.25) is 0 Å². The molecule has 0 aliphatic rings. The molecule has 0 N–H and O–H groups in total. The van der Waals surface area contributed by atoms with Crippen LogP contribution in [0.25, 0.3) is 11.1 Å². The second-order valence-corrected chi connectivity index (χ2v) is 5.47. The number of ether oxygens (including phenoxy) is 1. The third-order valence-corrected chi connectivity index (χ3v) is 3.53. The van der Waals surface area contributed by atoms with Crippen molar-refractivity contribution >= 4 is 52.4 Å². The monoisotopic (exact) mass is 349 g/mol. The molecule has 2 aromatic rings. The number of methoxy groups -OCH3 is 1. The van der Waals surface area contributed by atoms with E-state index in [1.165, 1.54) is 25.4 Å². The molecule has 0 bridgehead atoms. The van der Waals surface area contributed by atoms with E-state index < -0.39 is 5.97 Å². The van der Waals surface area contributed by atoms with Crippen LogP contribution >= 0.6 is 46.4 Å². The first kappa shape index (κ1) is 15.4. The molecule has 0 atom stereocenters. The number of pyridine rings is 1. The average Bonchev–Trinajstić information content (AvgIpc) is 2.37. The molecule has 1 aromatic heterocycles. The first-order valence-electron chi connectivity index (χ1n) is 5.32. The summed E-state index contributed by atoms with van der Waals surface area (Å²) in [6.07, 6.45) is 1.34. The molecule has 1 aromatic carbocycles. The van der Waals surface area contributed by atoms with Gasteiger partial charge in [0.1, 0.15) is 0 Å². The van der Waals surface area contributed by atoms with Crippen LogP contribution in [0.5, 0.6) is 0 Å². The Morgan fingerprint density at radius 3 is 2.20 bits per heavy atom. The highest BCUT2D eigenvalue weighted by atomic mass is 35.5. The summed E-state index contributed by atoms with van der Waals surface area (Å²) in [5.74, 6) is -0.612. The molecule has 0 amide bonds. The van der Waals surface area contributed by atoms with Crippen LogP contribution in [0.2, 0.25) is 20.1 Å². The molecule has 2 rings (SSSR count). The summed E-state index contributed by atoms with van der Waals surface area (Å²) in [7, 11) is 1.26. The van der Waals surface area contributed by atoms with Crippen molar-refractivity contribution in [1.29, 1.82) is 0 Å². The number of benzene rings is 1. The van der Waals surface area contributed by atoms with E-state index in [1.807, 2.05) is 0 Å². The molecule has 1 heterocycles. The number of nitrogens with zero attached hydrogens (tertiary/aromatic N) is 1. The minimum absolute atomic E-state index is 0.0722. The van der Waals surface area contributed by atoms with E-state index in [0.29, 0.717) is 21.2 Å². The molecule has 0 spiro atoms. The maximum absolute atomic E-state index is 11.8. The van der Waals surface area contributed by atoms with Crippen LogP contribution in [0, 0.1) is 0 Å². The van der Waals surface area contributed by atoms with Crippen molar-refractivity contribution in [2.45, 2.75) is 0 Å². The van der Waals surface area contributed by atoms with Gasteiger partial charge in [-0.2, -0.15) is 0 Å². The number of halogens is 4. The number of carbonyl (C=O) groups excluding carboxylic acids is 1. The van der Waals surface area contributed by atoms with E-state index in [2.05, 4.69) is 9.72 Å². The fourth-order valence-corrected chi connectivity index (χ4v) is 2.87. The summed E-state index contributed by atoms with van der Waals surface area (Å²) in [6.45, 7) is 0. The highest BCUT2D eigenvalue weighted by Crippen LogP contribution is 2.39. The molecule has 0 unspecified atom stereocenters. The summed E-state index contributed by atoms with van der Waals surface area (Å²) >= 11 is 24.1. The second-order valence-electron chi connectivity index (χ2n) is 3.79. The Morgan fingerprint density at radius 2 is 1.65 bits per heavy atom. The Morgan fingerprint density at radius 1 is 1.05 bits per heavy atom. The molecule has 0 aliphatic heterocycles. The van der Waals surface area contributed by atoms with Crippen molar-refractivity contribution in [2.24, 2.45) is 0 Å². The fraction of sp³-hybridized carbons (Fsp3) is 0.0769. The van der Waals surface area contributed by atoms with Gasteiger partial charge in [-0.15, -0.1) is 0 Å². The van der Waals surface area contributed by atoms with Crippen LogP contribution < -0.4 is 0 Å². The van der Waals surface area contributed by atoms with Crippen molar-refractivity contribution in [3.8, 4) is 11.1 Å². The normalized spacial score (nSPS) is 10.4. The summed E-state index contributed by atoms with van der Waals surface area (Å²) < 4.78 is 4.69. The Kier molecular flexibility index (Phi) is 4.76. The number of hydrogen-bond acceptors (Lipinski definition) is 3. The molecular weight excluding hydrogens is 344 g/mol. The lowest BCUT2D eigenvalue weighted by Gasteiger charge is -2.11. The van der Waals surface area contributed by atoms with E-state index in [9.17, 15) is 4.79 Å².